The lowest BCUT2D eigenvalue weighted by atomic mass is 10.0. The van der Waals surface area contributed by atoms with Crippen molar-refractivity contribution in [2.75, 3.05) is 0 Å². The number of benzene rings is 1. The molecule has 16 heavy (non-hydrogen) atoms. The molecule has 1 aromatic heterocycles. The van der Waals surface area contributed by atoms with Gasteiger partial charge in [0.05, 0.1) is 10.6 Å². The first-order chi connectivity index (χ1) is 7.58. The van der Waals surface area contributed by atoms with Crippen LogP contribution in [0.25, 0.3) is 11.1 Å². The highest BCUT2D eigenvalue weighted by atomic mass is 32.1. The van der Waals surface area contributed by atoms with Gasteiger partial charge >= 0.3 is 5.97 Å². The minimum Gasteiger partial charge on any atom is -0.478 e. The molecule has 1 aromatic carbocycles. The van der Waals surface area contributed by atoms with Crippen LogP contribution in [0.5, 0.6) is 0 Å². The number of nitrogens with one attached hydrogen (secondary N) is 1. The Kier molecular flexibility index (Phi) is 2.70. The molecule has 0 saturated heterocycles. The van der Waals surface area contributed by atoms with Crippen molar-refractivity contribution < 1.29 is 14.3 Å². The molecule has 0 saturated carbocycles. The number of aromatic amines is 1. The molecule has 0 aliphatic rings. The molecule has 0 unspecified atom stereocenters. The normalized spacial score (nSPS) is 10.4. The summed E-state index contributed by atoms with van der Waals surface area (Å²) in [5.41, 5.74) is 1.07. The molecule has 2 rings (SSSR count). The maximum Gasteiger partial charge on any atom is 0.336 e. The zero-order chi connectivity index (χ0) is 11.7. The topological polar surface area (TPSA) is 53.1 Å². The van der Waals surface area contributed by atoms with Crippen molar-refractivity contribution in [3.8, 4) is 11.1 Å². The molecule has 0 aliphatic carbocycles. The molecule has 0 bridgehead atoms. The molecule has 0 radical (unpaired) electrons. The van der Waals surface area contributed by atoms with Gasteiger partial charge in [-0.1, -0.05) is 6.07 Å². The third-order valence-electron chi connectivity index (χ3n) is 2.19. The van der Waals surface area contributed by atoms with E-state index >= 15 is 0 Å². The SMILES string of the molecule is O=C(O)c1cc(F)ccc1-c1c[nH]c(S)c1. The van der Waals surface area contributed by atoms with Crippen LogP contribution in [0.4, 0.5) is 4.39 Å². The van der Waals surface area contributed by atoms with E-state index in [1.165, 1.54) is 12.1 Å². The second-order valence-electron chi connectivity index (χ2n) is 3.27. The van der Waals surface area contributed by atoms with Crippen LogP contribution in [0.1, 0.15) is 10.4 Å². The highest BCUT2D eigenvalue weighted by Crippen LogP contribution is 2.26. The van der Waals surface area contributed by atoms with Crippen LogP contribution < -0.4 is 0 Å². The number of H-pyrrole nitrogens is 1. The summed E-state index contributed by atoms with van der Waals surface area (Å²) in [5.74, 6) is -1.72. The van der Waals surface area contributed by atoms with Crippen molar-refractivity contribution in [3.63, 3.8) is 0 Å². The maximum atomic E-state index is 12.9. The lowest BCUT2D eigenvalue weighted by Crippen LogP contribution is -1.99. The quantitative estimate of drug-likeness (QED) is 0.703. The van der Waals surface area contributed by atoms with Crippen molar-refractivity contribution in [3.05, 3.63) is 41.8 Å². The Balaban J connectivity index is 2.60. The molecule has 82 valence electrons. The van der Waals surface area contributed by atoms with Gasteiger partial charge in [0.2, 0.25) is 0 Å². The number of thiol groups is 1. The van der Waals surface area contributed by atoms with Crippen LogP contribution in [0.2, 0.25) is 0 Å². The van der Waals surface area contributed by atoms with Crippen LogP contribution in [-0.2, 0) is 0 Å². The van der Waals surface area contributed by atoms with E-state index in [-0.39, 0.29) is 5.56 Å². The van der Waals surface area contributed by atoms with Crippen molar-refractivity contribution in [2.24, 2.45) is 0 Å². The Labute approximate surface area is 96.3 Å². The number of carboxylic acids is 1. The summed E-state index contributed by atoms with van der Waals surface area (Å²) in [6.45, 7) is 0. The monoisotopic (exact) mass is 237 g/mol. The number of aromatic carboxylic acids is 1. The number of carbonyl (C=O) groups is 1. The van der Waals surface area contributed by atoms with Gasteiger partial charge in [0.15, 0.2) is 0 Å². The number of hydrogen-bond donors (Lipinski definition) is 3. The second kappa shape index (κ2) is 4.02. The van der Waals surface area contributed by atoms with Crippen molar-refractivity contribution in [2.45, 2.75) is 5.03 Å². The lowest BCUT2D eigenvalue weighted by Gasteiger charge is -2.03. The van der Waals surface area contributed by atoms with E-state index in [1.54, 1.807) is 12.3 Å². The summed E-state index contributed by atoms with van der Waals surface area (Å²) in [5, 5.41) is 9.58. The number of hydrogen-bond acceptors (Lipinski definition) is 2. The van der Waals surface area contributed by atoms with Crippen molar-refractivity contribution in [1.82, 2.24) is 4.98 Å². The Morgan fingerprint density at radius 3 is 2.69 bits per heavy atom. The van der Waals surface area contributed by atoms with Crippen LogP contribution in [0.15, 0.2) is 35.5 Å². The van der Waals surface area contributed by atoms with Gasteiger partial charge in [-0.3, -0.25) is 0 Å². The van der Waals surface area contributed by atoms with Gasteiger partial charge in [0.25, 0.3) is 0 Å². The average Bonchev–Trinajstić information content (AvgIpc) is 2.64. The molecule has 5 heteroatoms. The second-order valence-corrected chi connectivity index (χ2v) is 3.75. The smallest absolute Gasteiger partial charge is 0.336 e. The van der Waals surface area contributed by atoms with Crippen molar-refractivity contribution in [1.29, 1.82) is 0 Å². The molecule has 0 aliphatic heterocycles. The van der Waals surface area contributed by atoms with E-state index in [1.807, 2.05) is 0 Å². The Bertz CT molecular complexity index is 551. The number of carboxylic acid groups (broad SMARTS) is 1. The maximum absolute atomic E-state index is 12.9. The molecule has 0 fully saturated rings. The first-order valence-electron chi connectivity index (χ1n) is 4.48. The predicted molar refractivity (Wildman–Crippen MR) is 60.4 cm³/mol. The summed E-state index contributed by atoms with van der Waals surface area (Å²) >= 11 is 4.08. The summed E-state index contributed by atoms with van der Waals surface area (Å²) in [7, 11) is 0. The molecule has 3 nitrogen and oxygen atoms in total. The number of aromatic nitrogens is 1. The zero-order valence-corrected chi connectivity index (χ0v) is 8.96. The fourth-order valence-electron chi connectivity index (χ4n) is 1.48. The minimum absolute atomic E-state index is 0.0627. The predicted octanol–water partition coefficient (Wildman–Crippen LogP) is 2.81. The van der Waals surface area contributed by atoms with E-state index in [0.717, 1.165) is 6.07 Å². The van der Waals surface area contributed by atoms with Gasteiger partial charge in [-0.05, 0) is 23.8 Å². The van der Waals surface area contributed by atoms with E-state index in [0.29, 0.717) is 16.2 Å². The zero-order valence-electron chi connectivity index (χ0n) is 8.07. The lowest BCUT2D eigenvalue weighted by molar-refractivity contribution is 0.0697. The Morgan fingerprint density at radius 1 is 1.38 bits per heavy atom. The largest absolute Gasteiger partial charge is 0.478 e. The van der Waals surface area contributed by atoms with Gasteiger partial charge in [-0.15, -0.1) is 12.6 Å². The van der Waals surface area contributed by atoms with Crippen molar-refractivity contribution >= 4 is 18.6 Å². The van der Waals surface area contributed by atoms with Gasteiger partial charge in [0, 0.05) is 11.8 Å². The van der Waals surface area contributed by atoms with E-state index in [9.17, 15) is 9.18 Å². The Hall–Kier alpha value is -1.75. The standard InChI is InChI=1S/C11H8FNO2S/c12-7-1-2-8(9(4-7)11(14)15)6-3-10(16)13-5-6/h1-5,13,16H,(H,14,15). The third kappa shape index (κ3) is 1.94. The highest BCUT2D eigenvalue weighted by Gasteiger charge is 2.13. The molecule has 2 aromatic rings. The molecular weight excluding hydrogens is 229 g/mol. The summed E-state index contributed by atoms with van der Waals surface area (Å²) in [6.07, 6.45) is 1.63. The molecular formula is C11H8FNO2S. The summed E-state index contributed by atoms with van der Waals surface area (Å²) < 4.78 is 12.9. The first kappa shape index (κ1) is 10.8. The molecule has 2 N–H and O–H groups in total. The van der Waals surface area contributed by atoms with Crippen LogP contribution >= 0.6 is 12.6 Å². The van der Waals surface area contributed by atoms with Crippen LogP contribution in [0.3, 0.4) is 0 Å². The summed E-state index contributed by atoms with van der Waals surface area (Å²) in [4.78, 5) is 13.8. The van der Waals surface area contributed by atoms with Gasteiger partial charge in [-0.25, -0.2) is 9.18 Å². The number of rotatable bonds is 2. The Morgan fingerprint density at radius 2 is 2.12 bits per heavy atom. The fourth-order valence-corrected chi connectivity index (χ4v) is 1.69. The van der Waals surface area contributed by atoms with Crippen LogP contribution in [-0.4, -0.2) is 16.1 Å². The van der Waals surface area contributed by atoms with E-state index < -0.39 is 11.8 Å². The summed E-state index contributed by atoms with van der Waals surface area (Å²) in [6, 6.07) is 5.35. The number of halogens is 1. The molecule has 1 heterocycles. The van der Waals surface area contributed by atoms with E-state index in [4.69, 9.17) is 5.11 Å². The molecule has 0 atom stereocenters. The van der Waals surface area contributed by atoms with Crippen LogP contribution in [0, 0.1) is 5.82 Å². The minimum atomic E-state index is -1.16. The molecule has 0 spiro atoms. The van der Waals surface area contributed by atoms with Gasteiger partial charge in [-0.2, -0.15) is 0 Å². The van der Waals surface area contributed by atoms with Gasteiger partial charge < -0.3 is 10.1 Å². The highest BCUT2D eigenvalue weighted by molar-refractivity contribution is 7.80. The fraction of sp³-hybridized carbons (Fsp3) is 0. The third-order valence-corrected chi connectivity index (χ3v) is 2.45. The average molecular weight is 237 g/mol. The van der Waals surface area contributed by atoms with Gasteiger partial charge in [0.1, 0.15) is 5.82 Å². The molecule has 0 amide bonds. The first-order valence-corrected chi connectivity index (χ1v) is 4.93. The van der Waals surface area contributed by atoms with E-state index in [2.05, 4.69) is 17.6 Å².